The van der Waals surface area contributed by atoms with Crippen molar-refractivity contribution >= 4 is 17.5 Å². The molecule has 0 aromatic carbocycles. The Hall–Kier alpha value is -2.71. The van der Waals surface area contributed by atoms with Gasteiger partial charge in [0.05, 0.1) is 17.2 Å². The number of hydrogen-bond donors (Lipinski definition) is 2. The lowest BCUT2D eigenvalue weighted by Gasteiger charge is -2.08. The molecular weight excluding hydrogens is 262 g/mol. The maximum absolute atomic E-state index is 11.1. The van der Waals surface area contributed by atoms with E-state index < -0.39 is 4.92 Å². The fourth-order valence-corrected chi connectivity index (χ4v) is 1.75. The number of nitro groups is 1. The van der Waals surface area contributed by atoms with Crippen molar-refractivity contribution in [2.75, 3.05) is 17.7 Å². The summed E-state index contributed by atoms with van der Waals surface area (Å²) in [6.45, 7) is 1.92. The average Bonchev–Trinajstić information content (AvgIpc) is 2.81. The van der Waals surface area contributed by atoms with Crippen LogP contribution in [0.5, 0.6) is 0 Å². The van der Waals surface area contributed by atoms with Gasteiger partial charge in [-0.05, 0) is 13.0 Å². The summed E-state index contributed by atoms with van der Waals surface area (Å²) >= 11 is 0. The normalized spacial score (nSPS) is 10.3. The monoisotopic (exact) mass is 277 g/mol. The molecule has 0 aliphatic heterocycles. The Balaban J connectivity index is 2.28. The second-order valence-corrected chi connectivity index (χ2v) is 4.17. The maximum atomic E-state index is 11.1. The van der Waals surface area contributed by atoms with Gasteiger partial charge in [0.15, 0.2) is 0 Å². The molecule has 2 heterocycles. The highest BCUT2D eigenvalue weighted by Gasteiger charge is 2.21. The molecule has 0 unspecified atom stereocenters. The van der Waals surface area contributed by atoms with E-state index in [2.05, 4.69) is 25.7 Å². The molecule has 9 nitrogen and oxygen atoms in total. The largest absolute Gasteiger partial charge is 0.358 e. The van der Waals surface area contributed by atoms with Crippen LogP contribution in [0.3, 0.4) is 0 Å². The third kappa shape index (κ3) is 2.82. The van der Waals surface area contributed by atoms with Crippen LogP contribution in [0.2, 0.25) is 0 Å². The number of rotatable bonds is 5. The van der Waals surface area contributed by atoms with Crippen molar-refractivity contribution in [2.24, 2.45) is 7.05 Å². The molecule has 0 atom stereocenters. The van der Waals surface area contributed by atoms with Crippen molar-refractivity contribution in [3.63, 3.8) is 0 Å². The topological polar surface area (TPSA) is 111 Å². The first-order valence-corrected chi connectivity index (χ1v) is 5.94. The van der Waals surface area contributed by atoms with Gasteiger partial charge in [-0.25, -0.2) is 4.98 Å². The second-order valence-electron chi connectivity index (χ2n) is 4.17. The minimum absolute atomic E-state index is 0.125. The summed E-state index contributed by atoms with van der Waals surface area (Å²) in [5.74, 6) is 0.508. The Labute approximate surface area is 115 Å². The Morgan fingerprint density at radius 2 is 2.20 bits per heavy atom. The SMILES string of the molecule is CNc1nc(C)c([N+](=O)[O-])c(NCc2ccn(C)n2)n1. The van der Waals surface area contributed by atoms with Gasteiger partial charge in [-0.2, -0.15) is 10.1 Å². The van der Waals surface area contributed by atoms with Gasteiger partial charge in [0, 0.05) is 20.3 Å². The van der Waals surface area contributed by atoms with E-state index in [1.165, 1.54) is 0 Å². The van der Waals surface area contributed by atoms with Crippen molar-refractivity contribution in [1.82, 2.24) is 19.7 Å². The Morgan fingerprint density at radius 3 is 2.75 bits per heavy atom. The lowest BCUT2D eigenvalue weighted by atomic mass is 10.3. The van der Waals surface area contributed by atoms with Crippen LogP contribution in [0.15, 0.2) is 12.3 Å². The molecule has 0 saturated carbocycles. The summed E-state index contributed by atoms with van der Waals surface area (Å²) in [6, 6.07) is 1.83. The Bertz CT molecular complexity index is 638. The molecule has 0 bridgehead atoms. The number of nitrogens with one attached hydrogen (secondary N) is 2. The Kier molecular flexibility index (Phi) is 3.78. The number of aromatic nitrogens is 4. The first-order chi connectivity index (χ1) is 9.51. The highest BCUT2D eigenvalue weighted by Crippen LogP contribution is 2.26. The van der Waals surface area contributed by atoms with E-state index in [4.69, 9.17) is 0 Å². The number of hydrogen-bond acceptors (Lipinski definition) is 7. The van der Waals surface area contributed by atoms with E-state index in [9.17, 15) is 10.1 Å². The number of anilines is 2. The van der Waals surface area contributed by atoms with Crippen LogP contribution < -0.4 is 10.6 Å². The summed E-state index contributed by atoms with van der Waals surface area (Å²) in [6.07, 6.45) is 1.80. The number of nitrogens with zero attached hydrogens (tertiary/aromatic N) is 5. The molecule has 2 aromatic heterocycles. The maximum Gasteiger partial charge on any atom is 0.332 e. The highest BCUT2D eigenvalue weighted by molar-refractivity contribution is 5.60. The van der Waals surface area contributed by atoms with Crippen molar-refractivity contribution in [1.29, 1.82) is 0 Å². The molecule has 0 spiro atoms. The highest BCUT2D eigenvalue weighted by atomic mass is 16.6. The zero-order valence-corrected chi connectivity index (χ0v) is 11.4. The summed E-state index contributed by atoms with van der Waals surface area (Å²) in [7, 11) is 3.46. The van der Waals surface area contributed by atoms with Gasteiger partial charge in [-0.15, -0.1) is 0 Å². The van der Waals surface area contributed by atoms with E-state index in [-0.39, 0.29) is 11.5 Å². The summed E-state index contributed by atoms with van der Waals surface area (Å²) in [4.78, 5) is 18.7. The molecule has 9 heteroatoms. The molecule has 2 N–H and O–H groups in total. The fourth-order valence-electron chi connectivity index (χ4n) is 1.75. The van der Waals surface area contributed by atoms with Crippen LogP contribution in [-0.4, -0.2) is 31.7 Å². The van der Waals surface area contributed by atoms with E-state index >= 15 is 0 Å². The zero-order chi connectivity index (χ0) is 14.7. The van der Waals surface area contributed by atoms with Crippen molar-refractivity contribution < 1.29 is 4.92 Å². The van der Waals surface area contributed by atoms with Crippen molar-refractivity contribution in [2.45, 2.75) is 13.5 Å². The molecule has 20 heavy (non-hydrogen) atoms. The minimum Gasteiger partial charge on any atom is -0.358 e. The molecule has 106 valence electrons. The smallest absolute Gasteiger partial charge is 0.332 e. The summed E-state index contributed by atoms with van der Waals surface area (Å²) in [5.41, 5.74) is 0.946. The molecule has 0 aliphatic carbocycles. The third-order valence-corrected chi connectivity index (χ3v) is 2.67. The number of aryl methyl sites for hydroxylation is 2. The van der Waals surface area contributed by atoms with Crippen LogP contribution in [-0.2, 0) is 13.6 Å². The molecule has 0 saturated heterocycles. The third-order valence-electron chi connectivity index (χ3n) is 2.67. The fraction of sp³-hybridized carbons (Fsp3) is 0.364. The quantitative estimate of drug-likeness (QED) is 0.621. The zero-order valence-electron chi connectivity index (χ0n) is 11.4. The lowest BCUT2D eigenvalue weighted by Crippen LogP contribution is -2.10. The lowest BCUT2D eigenvalue weighted by molar-refractivity contribution is -0.385. The average molecular weight is 277 g/mol. The van der Waals surface area contributed by atoms with Crippen LogP contribution in [0.1, 0.15) is 11.4 Å². The van der Waals surface area contributed by atoms with Gasteiger partial charge in [0.1, 0.15) is 5.69 Å². The van der Waals surface area contributed by atoms with E-state index in [1.54, 1.807) is 31.9 Å². The first-order valence-electron chi connectivity index (χ1n) is 5.94. The Morgan fingerprint density at radius 1 is 1.45 bits per heavy atom. The van der Waals surface area contributed by atoms with Gasteiger partial charge in [-0.1, -0.05) is 0 Å². The van der Waals surface area contributed by atoms with Crippen LogP contribution in [0.25, 0.3) is 0 Å². The second kappa shape index (κ2) is 5.51. The molecule has 0 aliphatic rings. The summed E-state index contributed by atoms with van der Waals surface area (Å²) in [5, 5.41) is 21.0. The minimum atomic E-state index is -0.491. The van der Waals surface area contributed by atoms with Gasteiger partial charge in [-0.3, -0.25) is 14.8 Å². The molecule has 2 aromatic rings. The molecule has 0 amide bonds. The predicted octanol–water partition coefficient (Wildman–Crippen LogP) is 1.08. The summed E-state index contributed by atoms with van der Waals surface area (Å²) < 4.78 is 1.66. The molecule has 0 fully saturated rings. The van der Waals surface area contributed by atoms with Gasteiger partial charge in [0.2, 0.25) is 11.8 Å². The van der Waals surface area contributed by atoms with Crippen LogP contribution >= 0.6 is 0 Å². The van der Waals surface area contributed by atoms with Gasteiger partial charge >= 0.3 is 5.69 Å². The van der Waals surface area contributed by atoms with Crippen LogP contribution in [0, 0.1) is 17.0 Å². The first kappa shape index (κ1) is 13.7. The molecular formula is C11H15N7O2. The van der Waals surface area contributed by atoms with E-state index in [1.807, 2.05) is 6.07 Å². The standard InChI is InChI=1S/C11H15N7O2/c1-7-9(18(19)20)10(15-11(12-2)14-7)13-6-8-4-5-17(3)16-8/h4-5H,6H2,1-3H3,(H2,12,13,14,15). The van der Waals surface area contributed by atoms with Crippen molar-refractivity contribution in [3.8, 4) is 0 Å². The van der Waals surface area contributed by atoms with Gasteiger partial charge < -0.3 is 10.6 Å². The molecule has 2 rings (SSSR count). The van der Waals surface area contributed by atoms with E-state index in [0.717, 1.165) is 5.69 Å². The van der Waals surface area contributed by atoms with Crippen LogP contribution in [0.4, 0.5) is 17.5 Å². The molecule has 0 radical (unpaired) electrons. The van der Waals surface area contributed by atoms with Gasteiger partial charge in [0.25, 0.3) is 0 Å². The van der Waals surface area contributed by atoms with E-state index in [0.29, 0.717) is 18.2 Å². The van der Waals surface area contributed by atoms with Crippen molar-refractivity contribution in [3.05, 3.63) is 33.8 Å². The predicted molar refractivity (Wildman–Crippen MR) is 73.5 cm³/mol.